The maximum atomic E-state index is 12.8. The molecule has 1 atom stereocenters. The first-order valence-electron chi connectivity index (χ1n) is 9.45. The van der Waals surface area contributed by atoms with Gasteiger partial charge in [0.15, 0.2) is 0 Å². The van der Waals surface area contributed by atoms with E-state index in [0.29, 0.717) is 26.2 Å². The molecule has 0 fully saturated rings. The molecule has 32 heavy (non-hydrogen) atoms. The van der Waals surface area contributed by atoms with E-state index >= 15 is 0 Å². The Kier molecular flexibility index (Phi) is 8.47. The highest BCUT2D eigenvalue weighted by molar-refractivity contribution is 9.10. The van der Waals surface area contributed by atoms with Crippen LogP contribution in [0.4, 0.5) is 5.00 Å². The summed E-state index contributed by atoms with van der Waals surface area (Å²) in [4.78, 5) is 25.6. The maximum Gasteiger partial charge on any atom is 0.341 e. The predicted octanol–water partition coefficient (Wildman–Crippen LogP) is 6.89. The number of amides is 1. The number of nitrogens with one attached hydrogen (secondary N) is 2. The molecule has 0 radical (unpaired) electrons. The Labute approximate surface area is 213 Å². The zero-order valence-corrected chi connectivity index (χ0v) is 21.4. The highest BCUT2D eigenvalue weighted by atomic mass is 79.9. The van der Waals surface area contributed by atoms with Gasteiger partial charge in [0.25, 0.3) is 5.91 Å². The Hall–Kier alpha value is -1.77. The van der Waals surface area contributed by atoms with Crippen LogP contribution in [0.15, 0.2) is 64.5 Å². The van der Waals surface area contributed by atoms with Crippen LogP contribution in [0.3, 0.4) is 0 Å². The first kappa shape index (κ1) is 24.9. The normalized spacial score (nSPS) is 12.2. The molecule has 0 spiro atoms. The monoisotopic (exact) mass is 574 g/mol. The lowest BCUT2D eigenvalue weighted by atomic mass is 10.0. The van der Waals surface area contributed by atoms with Crippen LogP contribution in [0.25, 0.3) is 11.1 Å². The standard InChI is InChI=1S/C22H18BrCl3N2O3S/c1-2-31-20(30)17-15(13-8-4-3-5-9-13)12-32-19(17)28-21(22(24,25)26)27-18(29)14-10-6-7-11-16(14)23/h3-12,21,28H,2H2,1H3,(H,27,29)/t21-/m1/s1. The van der Waals surface area contributed by atoms with Crippen molar-refractivity contribution in [3.8, 4) is 11.1 Å². The van der Waals surface area contributed by atoms with Gasteiger partial charge in [0, 0.05) is 15.4 Å². The lowest BCUT2D eigenvalue weighted by Gasteiger charge is -2.27. The van der Waals surface area contributed by atoms with Crippen molar-refractivity contribution in [3.63, 3.8) is 0 Å². The molecule has 2 N–H and O–H groups in total. The largest absolute Gasteiger partial charge is 0.462 e. The highest BCUT2D eigenvalue weighted by Crippen LogP contribution is 2.39. The first-order valence-corrected chi connectivity index (χ1v) is 12.3. The first-order chi connectivity index (χ1) is 15.2. The number of hydrogen-bond acceptors (Lipinski definition) is 5. The van der Waals surface area contributed by atoms with Crippen molar-refractivity contribution in [2.75, 3.05) is 11.9 Å². The van der Waals surface area contributed by atoms with Crippen molar-refractivity contribution in [1.29, 1.82) is 0 Å². The van der Waals surface area contributed by atoms with Crippen LogP contribution >= 0.6 is 62.1 Å². The Morgan fingerprint density at radius 2 is 1.75 bits per heavy atom. The second-order valence-electron chi connectivity index (χ2n) is 6.51. The topological polar surface area (TPSA) is 67.4 Å². The van der Waals surface area contributed by atoms with Crippen molar-refractivity contribution in [1.82, 2.24) is 5.32 Å². The van der Waals surface area contributed by atoms with E-state index in [1.165, 1.54) is 11.3 Å². The number of halogens is 4. The van der Waals surface area contributed by atoms with Gasteiger partial charge in [-0.1, -0.05) is 77.3 Å². The number of carbonyl (C=O) groups is 2. The number of anilines is 1. The lowest BCUT2D eigenvalue weighted by Crippen LogP contribution is -2.49. The molecule has 0 aliphatic carbocycles. The van der Waals surface area contributed by atoms with Gasteiger partial charge in [0.2, 0.25) is 3.79 Å². The third-order valence-electron chi connectivity index (χ3n) is 4.35. The molecule has 0 saturated carbocycles. The second kappa shape index (κ2) is 10.9. The predicted molar refractivity (Wildman–Crippen MR) is 135 cm³/mol. The molecule has 168 valence electrons. The molecule has 0 saturated heterocycles. The van der Waals surface area contributed by atoms with Crippen LogP contribution < -0.4 is 10.6 Å². The molecule has 0 bridgehead atoms. The number of esters is 1. The van der Waals surface area contributed by atoms with Crippen LogP contribution in [0.2, 0.25) is 0 Å². The third-order valence-corrected chi connectivity index (χ3v) is 6.61. The zero-order valence-electron chi connectivity index (χ0n) is 16.7. The van der Waals surface area contributed by atoms with E-state index in [-0.39, 0.29) is 6.61 Å². The summed E-state index contributed by atoms with van der Waals surface area (Å²) in [7, 11) is 0. The summed E-state index contributed by atoms with van der Waals surface area (Å²) in [5.74, 6) is -0.978. The van der Waals surface area contributed by atoms with Gasteiger partial charge in [-0.25, -0.2) is 4.79 Å². The fraction of sp³-hybridized carbons (Fsp3) is 0.182. The Morgan fingerprint density at radius 3 is 2.38 bits per heavy atom. The van der Waals surface area contributed by atoms with Crippen molar-refractivity contribution >= 4 is 78.9 Å². The average molecular weight is 577 g/mol. The molecule has 5 nitrogen and oxygen atoms in total. The molecule has 1 aromatic heterocycles. The van der Waals surface area contributed by atoms with E-state index in [1.807, 2.05) is 35.7 Å². The number of alkyl halides is 3. The van der Waals surface area contributed by atoms with E-state index < -0.39 is 21.8 Å². The molecule has 0 aliphatic rings. The maximum absolute atomic E-state index is 12.8. The van der Waals surface area contributed by atoms with Crippen molar-refractivity contribution < 1.29 is 14.3 Å². The van der Waals surface area contributed by atoms with Crippen LogP contribution in [0.5, 0.6) is 0 Å². The van der Waals surface area contributed by atoms with Crippen molar-refractivity contribution in [3.05, 3.63) is 75.6 Å². The summed E-state index contributed by atoms with van der Waals surface area (Å²) in [6.07, 6.45) is -1.14. The van der Waals surface area contributed by atoms with Crippen LogP contribution in [-0.4, -0.2) is 28.4 Å². The summed E-state index contributed by atoms with van der Waals surface area (Å²) in [5, 5.41) is 7.92. The summed E-state index contributed by atoms with van der Waals surface area (Å²) in [6, 6.07) is 16.3. The summed E-state index contributed by atoms with van der Waals surface area (Å²) in [6.45, 7) is 1.93. The second-order valence-corrected chi connectivity index (χ2v) is 10.6. The van der Waals surface area contributed by atoms with E-state index in [0.717, 1.165) is 5.56 Å². The summed E-state index contributed by atoms with van der Waals surface area (Å²) < 4.78 is 3.93. The lowest BCUT2D eigenvalue weighted by molar-refractivity contribution is 0.0529. The SMILES string of the molecule is CCOC(=O)c1c(-c2ccccc2)csc1N[C@@H](NC(=O)c1ccccc1Br)C(Cl)(Cl)Cl. The fourth-order valence-corrected chi connectivity index (χ4v) is 4.66. The molecule has 1 amide bonds. The fourth-order valence-electron chi connectivity index (χ4n) is 2.89. The Morgan fingerprint density at radius 1 is 1.09 bits per heavy atom. The van der Waals surface area contributed by atoms with Crippen LogP contribution in [0, 0.1) is 0 Å². The van der Waals surface area contributed by atoms with Crippen molar-refractivity contribution in [2.45, 2.75) is 16.9 Å². The summed E-state index contributed by atoms with van der Waals surface area (Å²) >= 11 is 23.1. The van der Waals surface area contributed by atoms with Gasteiger partial charge in [-0.2, -0.15) is 0 Å². The van der Waals surface area contributed by atoms with Crippen LogP contribution in [-0.2, 0) is 4.74 Å². The van der Waals surface area contributed by atoms with Gasteiger partial charge >= 0.3 is 5.97 Å². The number of thiophene rings is 1. The minimum absolute atomic E-state index is 0.203. The number of hydrogen-bond donors (Lipinski definition) is 2. The summed E-state index contributed by atoms with van der Waals surface area (Å²) in [5.41, 5.74) is 2.19. The Bertz CT molecular complexity index is 1100. The van der Waals surface area contributed by atoms with Gasteiger partial charge < -0.3 is 15.4 Å². The van der Waals surface area contributed by atoms with Gasteiger partial charge in [0.1, 0.15) is 16.7 Å². The smallest absolute Gasteiger partial charge is 0.341 e. The van der Waals surface area contributed by atoms with E-state index in [9.17, 15) is 9.59 Å². The van der Waals surface area contributed by atoms with Gasteiger partial charge in [-0.05, 0) is 40.5 Å². The number of benzene rings is 2. The number of ether oxygens (including phenoxy) is 1. The molecular formula is C22H18BrCl3N2O3S. The number of rotatable bonds is 7. The van der Waals surface area contributed by atoms with Crippen LogP contribution in [0.1, 0.15) is 27.6 Å². The molecule has 2 aromatic carbocycles. The zero-order chi connectivity index (χ0) is 23.3. The van der Waals surface area contributed by atoms with Gasteiger partial charge in [0.05, 0.1) is 12.2 Å². The van der Waals surface area contributed by atoms with E-state index in [4.69, 9.17) is 39.5 Å². The third kappa shape index (κ3) is 5.97. The molecule has 1 heterocycles. The molecular weight excluding hydrogens is 559 g/mol. The molecule has 0 unspecified atom stereocenters. The minimum atomic E-state index is -1.92. The quantitative estimate of drug-likeness (QED) is 0.183. The average Bonchev–Trinajstić information content (AvgIpc) is 3.17. The minimum Gasteiger partial charge on any atom is -0.462 e. The Balaban J connectivity index is 1.96. The molecule has 10 heteroatoms. The molecule has 3 aromatic rings. The number of carbonyl (C=O) groups excluding carboxylic acids is 2. The molecule has 0 aliphatic heterocycles. The van der Waals surface area contributed by atoms with Gasteiger partial charge in [-0.3, -0.25) is 4.79 Å². The molecule has 3 rings (SSSR count). The highest BCUT2D eigenvalue weighted by Gasteiger charge is 2.36. The van der Waals surface area contributed by atoms with Crippen molar-refractivity contribution in [2.24, 2.45) is 0 Å². The van der Waals surface area contributed by atoms with E-state index in [2.05, 4.69) is 26.6 Å². The van der Waals surface area contributed by atoms with E-state index in [1.54, 1.807) is 31.2 Å². The van der Waals surface area contributed by atoms with Gasteiger partial charge in [-0.15, -0.1) is 11.3 Å².